The summed E-state index contributed by atoms with van der Waals surface area (Å²) in [6.07, 6.45) is 3.82. The lowest BCUT2D eigenvalue weighted by Gasteiger charge is -2.29. The summed E-state index contributed by atoms with van der Waals surface area (Å²) in [6.45, 7) is 6.51. The van der Waals surface area contributed by atoms with E-state index in [-0.39, 0.29) is 0 Å². The highest BCUT2D eigenvalue weighted by Gasteiger charge is 2.15. The maximum atomic E-state index is 9.28. The fraction of sp³-hybridized carbons (Fsp3) is 0.533. The van der Waals surface area contributed by atoms with Crippen molar-refractivity contribution in [2.75, 3.05) is 18.0 Å². The molecule has 2 nitrogen and oxygen atoms in total. The van der Waals surface area contributed by atoms with Gasteiger partial charge in [-0.2, -0.15) is 5.26 Å². The zero-order valence-electron chi connectivity index (χ0n) is 10.7. The van der Waals surface area contributed by atoms with Crippen molar-refractivity contribution in [2.24, 2.45) is 0 Å². The second kappa shape index (κ2) is 5.23. The van der Waals surface area contributed by atoms with Gasteiger partial charge < -0.3 is 4.90 Å². The van der Waals surface area contributed by atoms with Crippen LogP contribution in [0.1, 0.15) is 50.2 Å². The fourth-order valence-corrected chi connectivity index (χ4v) is 2.41. The van der Waals surface area contributed by atoms with Gasteiger partial charge in [-0.25, -0.2) is 0 Å². The Labute approximate surface area is 104 Å². The molecule has 0 saturated carbocycles. The Morgan fingerprint density at radius 2 is 1.88 bits per heavy atom. The van der Waals surface area contributed by atoms with Gasteiger partial charge in [0.05, 0.1) is 11.3 Å². The molecule has 0 aliphatic carbocycles. The van der Waals surface area contributed by atoms with Crippen LogP contribution in [0.15, 0.2) is 18.2 Å². The normalized spacial score (nSPS) is 16.0. The second-order valence-corrected chi connectivity index (χ2v) is 5.09. The lowest BCUT2D eigenvalue weighted by atomic mass is 9.99. The van der Waals surface area contributed by atoms with Crippen LogP contribution in [0.5, 0.6) is 0 Å². The Bertz CT molecular complexity index is 423. The van der Waals surface area contributed by atoms with Crippen molar-refractivity contribution in [3.63, 3.8) is 0 Å². The van der Waals surface area contributed by atoms with Gasteiger partial charge in [0.2, 0.25) is 0 Å². The maximum Gasteiger partial charge on any atom is 0.101 e. The lowest BCUT2D eigenvalue weighted by Crippen LogP contribution is -2.30. The fourth-order valence-electron chi connectivity index (χ4n) is 2.41. The largest absolute Gasteiger partial charge is 0.370 e. The van der Waals surface area contributed by atoms with Crippen molar-refractivity contribution in [3.8, 4) is 6.07 Å². The highest BCUT2D eigenvalue weighted by Crippen LogP contribution is 2.27. The number of hydrogen-bond donors (Lipinski definition) is 0. The third-order valence-electron chi connectivity index (χ3n) is 3.50. The average Bonchev–Trinajstić information content (AvgIpc) is 2.39. The minimum absolute atomic E-state index is 0.484. The molecule has 0 spiro atoms. The van der Waals surface area contributed by atoms with Crippen molar-refractivity contribution in [3.05, 3.63) is 29.3 Å². The van der Waals surface area contributed by atoms with E-state index in [1.807, 2.05) is 0 Å². The predicted molar refractivity (Wildman–Crippen MR) is 71.3 cm³/mol. The summed E-state index contributed by atoms with van der Waals surface area (Å²) in [4.78, 5) is 2.35. The Morgan fingerprint density at radius 3 is 2.47 bits per heavy atom. The summed E-state index contributed by atoms with van der Waals surface area (Å²) < 4.78 is 0. The molecule has 90 valence electrons. The van der Waals surface area contributed by atoms with E-state index >= 15 is 0 Å². The number of rotatable bonds is 2. The first kappa shape index (κ1) is 12.0. The Balaban J connectivity index is 2.30. The third-order valence-corrected chi connectivity index (χ3v) is 3.50. The number of nitriles is 1. The predicted octanol–water partition coefficient (Wildman–Crippen LogP) is 3.67. The molecule has 2 heteroatoms. The molecule has 1 aromatic rings. The summed E-state index contributed by atoms with van der Waals surface area (Å²) in [6, 6.07) is 8.68. The third kappa shape index (κ3) is 2.61. The Morgan fingerprint density at radius 1 is 1.18 bits per heavy atom. The van der Waals surface area contributed by atoms with Crippen molar-refractivity contribution in [1.82, 2.24) is 0 Å². The van der Waals surface area contributed by atoms with Gasteiger partial charge in [-0.1, -0.05) is 19.9 Å². The van der Waals surface area contributed by atoms with E-state index in [1.54, 1.807) is 0 Å². The molecular formula is C15H20N2. The van der Waals surface area contributed by atoms with Gasteiger partial charge in [-0.05, 0) is 42.9 Å². The van der Waals surface area contributed by atoms with Crippen LogP contribution in [0.2, 0.25) is 0 Å². The summed E-state index contributed by atoms with van der Waals surface area (Å²) in [5.41, 5.74) is 3.21. The molecule has 17 heavy (non-hydrogen) atoms. The van der Waals surface area contributed by atoms with Crippen LogP contribution in [0.4, 0.5) is 5.69 Å². The molecule has 1 aliphatic rings. The molecule has 1 aromatic carbocycles. The molecule has 0 atom stereocenters. The van der Waals surface area contributed by atoms with Gasteiger partial charge in [0, 0.05) is 13.1 Å². The monoisotopic (exact) mass is 228 g/mol. The average molecular weight is 228 g/mol. The molecule has 0 unspecified atom stereocenters. The molecule has 0 bridgehead atoms. The van der Waals surface area contributed by atoms with Crippen LogP contribution in [-0.2, 0) is 0 Å². The first-order valence-electron chi connectivity index (χ1n) is 6.51. The van der Waals surface area contributed by atoms with Crippen LogP contribution in [0.25, 0.3) is 0 Å². The van der Waals surface area contributed by atoms with E-state index in [9.17, 15) is 5.26 Å². The molecule has 2 rings (SSSR count). The van der Waals surface area contributed by atoms with Gasteiger partial charge in [0.25, 0.3) is 0 Å². The lowest BCUT2D eigenvalue weighted by molar-refractivity contribution is 0.577. The number of nitrogens with zero attached hydrogens (tertiary/aromatic N) is 2. The standard InChI is InChI=1S/C15H20N2/c1-12(2)13-6-7-15(14(10-13)11-16)17-8-4-3-5-9-17/h6-7,10,12H,3-5,8-9H2,1-2H3. The van der Waals surface area contributed by atoms with E-state index in [1.165, 1.54) is 24.8 Å². The van der Waals surface area contributed by atoms with Crippen molar-refractivity contribution < 1.29 is 0 Å². The van der Waals surface area contributed by atoms with Crippen molar-refractivity contribution >= 4 is 5.69 Å². The number of hydrogen-bond acceptors (Lipinski definition) is 2. The van der Waals surface area contributed by atoms with Gasteiger partial charge >= 0.3 is 0 Å². The molecule has 0 N–H and O–H groups in total. The summed E-state index contributed by atoms with van der Waals surface area (Å²) in [5.74, 6) is 0.484. The van der Waals surface area contributed by atoms with Gasteiger partial charge in [0.15, 0.2) is 0 Å². The second-order valence-electron chi connectivity index (χ2n) is 5.09. The topological polar surface area (TPSA) is 27.0 Å². The van der Waals surface area contributed by atoms with Crippen LogP contribution < -0.4 is 4.90 Å². The maximum absolute atomic E-state index is 9.28. The van der Waals surface area contributed by atoms with E-state index in [0.717, 1.165) is 24.3 Å². The highest BCUT2D eigenvalue weighted by atomic mass is 15.1. The molecular weight excluding hydrogens is 208 g/mol. The van der Waals surface area contributed by atoms with Gasteiger partial charge in [0.1, 0.15) is 6.07 Å². The Kier molecular flexibility index (Phi) is 3.68. The quantitative estimate of drug-likeness (QED) is 0.772. The number of benzene rings is 1. The van der Waals surface area contributed by atoms with E-state index < -0.39 is 0 Å². The zero-order valence-corrected chi connectivity index (χ0v) is 10.7. The molecule has 1 aliphatic heterocycles. The Hall–Kier alpha value is -1.49. The van der Waals surface area contributed by atoms with Crippen LogP contribution in [-0.4, -0.2) is 13.1 Å². The molecule has 0 radical (unpaired) electrons. The highest BCUT2D eigenvalue weighted by molar-refractivity contribution is 5.61. The van der Waals surface area contributed by atoms with E-state index in [0.29, 0.717) is 5.92 Å². The zero-order chi connectivity index (χ0) is 12.3. The van der Waals surface area contributed by atoms with Crippen LogP contribution >= 0.6 is 0 Å². The minimum Gasteiger partial charge on any atom is -0.370 e. The summed E-state index contributed by atoms with van der Waals surface area (Å²) >= 11 is 0. The number of anilines is 1. The van der Waals surface area contributed by atoms with Gasteiger partial charge in [-0.15, -0.1) is 0 Å². The van der Waals surface area contributed by atoms with Crippen LogP contribution in [0.3, 0.4) is 0 Å². The van der Waals surface area contributed by atoms with Crippen molar-refractivity contribution in [2.45, 2.75) is 39.0 Å². The minimum atomic E-state index is 0.484. The van der Waals surface area contributed by atoms with E-state index in [4.69, 9.17) is 0 Å². The smallest absolute Gasteiger partial charge is 0.101 e. The van der Waals surface area contributed by atoms with Crippen LogP contribution in [0, 0.1) is 11.3 Å². The summed E-state index contributed by atoms with van der Waals surface area (Å²) in [5, 5.41) is 9.28. The first-order valence-corrected chi connectivity index (χ1v) is 6.51. The first-order chi connectivity index (χ1) is 8.22. The molecule has 0 aromatic heterocycles. The van der Waals surface area contributed by atoms with E-state index in [2.05, 4.69) is 43.0 Å². The molecule has 1 heterocycles. The summed E-state index contributed by atoms with van der Waals surface area (Å²) in [7, 11) is 0. The molecule has 1 saturated heterocycles. The molecule has 1 fully saturated rings. The molecule has 0 amide bonds. The van der Waals surface area contributed by atoms with Gasteiger partial charge in [-0.3, -0.25) is 0 Å². The van der Waals surface area contributed by atoms with Crippen molar-refractivity contribution in [1.29, 1.82) is 5.26 Å². The SMILES string of the molecule is CC(C)c1ccc(N2CCCCC2)c(C#N)c1. The number of piperidine rings is 1.